The van der Waals surface area contributed by atoms with Crippen molar-refractivity contribution in [3.05, 3.63) is 0 Å². The predicted molar refractivity (Wildman–Crippen MR) is 71.6 cm³/mol. The van der Waals surface area contributed by atoms with Crippen LogP contribution >= 0.6 is 0 Å². The highest BCUT2D eigenvalue weighted by atomic mass is 16.5. The standard InChI is InChI=1S/C15H27NO2/c1-2-16-9-7-15(17,8-10-16)13-4-11-18-14(12-13)5-3-6-14/h13,17H,2-12H2,1H3. The number of rotatable bonds is 2. The highest BCUT2D eigenvalue weighted by Gasteiger charge is 2.49. The van der Waals surface area contributed by atoms with E-state index < -0.39 is 5.60 Å². The van der Waals surface area contributed by atoms with Gasteiger partial charge in [-0.15, -0.1) is 0 Å². The maximum atomic E-state index is 11.0. The molecular formula is C15H27NO2. The molecule has 1 unspecified atom stereocenters. The van der Waals surface area contributed by atoms with E-state index >= 15 is 0 Å². The Morgan fingerprint density at radius 2 is 1.94 bits per heavy atom. The number of hydrogen-bond acceptors (Lipinski definition) is 3. The van der Waals surface area contributed by atoms with Crippen LogP contribution in [0.5, 0.6) is 0 Å². The van der Waals surface area contributed by atoms with Gasteiger partial charge in [-0.25, -0.2) is 0 Å². The molecule has 0 amide bonds. The van der Waals surface area contributed by atoms with Crippen LogP contribution in [0.15, 0.2) is 0 Å². The van der Waals surface area contributed by atoms with Crippen molar-refractivity contribution in [2.24, 2.45) is 5.92 Å². The van der Waals surface area contributed by atoms with Crippen molar-refractivity contribution >= 4 is 0 Å². The molecular weight excluding hydrogens is 226 g/mol. The summed E-state index contributed by atoms with van der Waals surface area (Å²) in [5.74, 6) is 0.477. The molecule has 0 radical (unpaired) electrons. The lowest BCUT2D eigenvalue weighted by molar-refractivity contribution is -0.183. The fraction of sp³-hybridized carbons (Fsp3) is 1.00. The van der Waals surface area contributed by atoms with Gasteiger partial charge in [-0.1, -0.05) is 6.92 Å². The van der Waals surface area contributed by atoms with Crippen LogP contribution in [-0.4, -0.2) is 47.4 Å². The molecule has 1 aliphatic carbocycles. The number of likely N-dealkylation sites (tertiary alicyclic amines) is 1. The van der Waals surface area contributed by atoms with Crippen LogP contribution in [-0.2, 0) is 4.74 Å². The van der Waals surface area contributed by atoms with Crippen LogP contribution < -0.4 is 0 Å². The van der Waals surface area contributed by atoms with Gasteiger partial charge in [-0.2, -0.15) is 0 Å². The van der Waals surface area contributed by atoms with Crippen LogP contribution in [0.25, 0.3) is 0 Å². The minimum atomic E-state index is -0.405. The lowest BCUT2D eigenvalue weighted by Gasteiger charge is -2.52. The van der Waals surface area contributed by atoms with E-state index in [9.17, 15) is 5.11 Å². The van der Waals surface area contributed by atoms with Crippen LogP contribution in [0.2, 0.25) is 0 Å². The smallest absolute Gasteiger partial charge is 0.0702 e. The molecule has 2 saturated heterocycles. The van der Waals surface area contributed by atoms with Gasteiger partial charge in [0, 0.05) is 19.7 Å². The molecule has 0 aromatic carbocycles. The molecule has 3 nitrogen and oxygen atoms in total. The first kappa shape index (κ1) is 12.9. The summed E-state index contributed by atoms with van der Waals surface area (Å²) in [6.07, 6.45) is 7.85. The molecule has 0 aromatic rings. The molecule has 3 aliphatic rings. The van der Waals surface area contributed by atoms with Gasteiger partial charge in [0.1, 0.15) is 0 Å². The van der Waals surface area contributed by atoms with Crippen molar-refractivity contribution in [2.75, 3.05) is 26.2 Å². The quantitative estimate of drug-likeness (QED) is 0.819. The molecule has 2 aliphatic heterocycles. The van der Waals surface area contributed by atoms with E-state index in [0.29, 0.717) is 5.92 Å². The van der Waals surface area contributed by atoms with Crippen LogP contribution in [0.4, 0.5) is 0 Å². The largest absolute Gasteiger partial charge is 0.389 e. The van der Waals surface area contributed by atoms with Crippen molar-refractivity contribution in [2.45, 2.75) is 63.1 Å². The first-order chi connectivity index (χ1) is 8.66. The molecule has 18 heavy (non-hydrogen) atoms. The van der Waals surface area contributed by atoms with E-state index in [0.717, 1.165) is 51.9 Å². The second kappa shape index (κ2) is 4.77. The number of ether oxygens (including phenoxy) is 1. The Morgan fingerprint density at radius 1 is 1.22 bits per heavy atom. The number of hydrogen-bond donors (Lipinski definition) is 1. The first-order valence-electron chi connectivity index (χ1n) is 7.75. The van der Waals surface area contributed by atoms with E-state index in [1.165, 1.54) is 19.3 Å². The Bertz CT molecular complexity index is 293. The van der Waals surface area contributed by atoms with Gasteiger partial charge >= 0.3 is 0 Å². The van der Waals surface area contributed by atoms with Crippen molar-refractivity contribution in [3.63, 3.8) is 0 Å². The Balaban J connectivity index is 1.63. The molecule has 1 atom stereocenters. The average Bonchev–Trinajstić information content (AvgIpc) is 2.38. The van der Waals surface area contributed by atoms with E-state index in [1.54, 1.807) is 0 Å². The van der Waals surface area contributed by atoms with Gasteiger partial charge in [0.15, 0.2) is 0 Å². The Morgan fingerprint density at radius 3 is 2.50 bits per heavy atom. The average molecular weight is 253 g/mol. The topological polar surface area (TPSA) is 32.7 Å². The molecule has 1 spiro atoms. The summed E-state index contributed by atoms with van der Waals surface area (Å²) in [6, 6.07) is 0. The summed E-state index contributed by atoms with van der Waals surface area (Å²) < 4.78 is 5.99. The Labute approximate surface area is 110 Å². The van der Waals surface area contributed by atoms with Crippen LogP contribution in [0.3, 0.4) is 0 Å². The third kappa shape index (κ3) is 2.21. The maximum absolute atomic E-state index is 11.0. The number of piperidine rings is 1. The fourth-order valence-electron chi connectivity index (χ4n) is 4.07. The third-order valence-electron chi connectivity index (χ3n) is 5.69. The molecule has 2 heterocycles. The molecule has 104 valence electrons. The van der Waals surface area contributed by atoms with Gasteiger partial charge in [-0.3, -0.25) is 0 Å². The SMILES string of the molecule is CCN1CCC(O)(C2CCOC3(CCC3)C2)CC1. The second-order valence-corrected chi connectivity index (χ2v) is 6.61. The minimum Gasteiger partial charge on any atom is -0.389 e. The molecule has 3 fully saturated rings. The van der Waals surface area contributed by atoms with Crippen molar-refractivity contribution < 1.29 is 9.84 Å². The lowest BCUT2D eigenvalue weighted by Crippen LogP contribution is -2.55. The predicted octanol–water partition coefficient (Wildman–Crippen LogP) is 2.18. The van der Waals surface area contributed by atoms with Crippen LogP contribution in [0, 0.1) is 5.92 Å². The fourth-order valence-corrected chi connectivity index (χ4v) is 4.07. The van der Waals surface area contributed by atoms with Gasteiger partial charge in [0.05, 0.1) is 11.2 Å². The summed E-state index contributed by atoms with van der Waals surface area (Å²) in [5.41, 5.74) is -0.238. The van der Waals surface area contributed by atoms with Crippen LogP contribution in [0.1, 0.15) is 51.9 Å². The number of aliphatic hydroxyl groups is 1. The summed E-state index contributed by atoms with van der Waals surface area (Å²) in [6.45, 7) is 6.33. The summed E-state index contributed by atoms with van der Waals surface area (Å²) in [5, 5.41) is 11.0. The Hall–Kier alpha value is -0.120. The summed E-state index contributed by atoms with van der Waals surface area (Å²) >= 11 is 0. The lowest BCUT2D eigenvalue weighted by atomic mass is 9.66. The summed E-state index contributed by atoms with van der Waals surface area (Å²) in [4.78, 5) is 2.45. The molecule has 0 bridgehead atoms. The molecule has 0 aromatic heterocycles. The second-order valence-electron chi connectivity index (χ2n) is 6.61. The third-order valence-corrected chi connectivity index (χ3v) is 5.69. The maximum Gasteiger partial charge on any atom is 0.0702 e. The molecule has 1 N–H and O–H groups in total. The van der Waals surface area contributed by atoms with Crippen molar-refractivity contribution in [1.82, 2.24) is 4.90 Å². The summed E-state index contributed by atoms with van der Waals surface area (Å²) in [7, 11) is 0. The zero-order valence-electron chi connectivity index (χ0n) is 11.7. The first-order valence-corrected chi connectivity index (χ1v) is 7.75. The molecule has 3 heteroatoms. The van der Waals surface area contributed by atoms with Gasteiger partial charge < -0.3 is 14.7 Å². The highest BCUT2D eigenvalue weighted by molar-refractivity contribution is 5.01. The highest BCUT2D eigenvalue weighted by Crippen LogP contribution is 2.48. The van der Waals surface area contributed by atoms with E-state index in [1.807, 2.05) is 0 Å². The van der Waals surface area contributed by atoms with Crippen molar-refractivity contribution in [1.29, 1.82) is 0 Å². The minimum absolute atomic E-state index is 0.167. The number of nitrogens with zero attached hydrogens (tertiary/aromatic N) is 1. The zero-order chi connectivity index (χ0) is 12.6. The van der Waals surface area contributed by atoms with E-state index in [2.05, 4.69) is 11.8 Å². The van der Waals surface area contributed by atoms with Gasteiger partial charge in [-0.05, 0) is 57.4 Å². The van der Waals surface area contributed by atoms with E-state index in [-0.39, 0.29) is 5.60 Å². The molecule has 3 rings (SSSR count). The normalized spacial score (nSPS) is 35.3. The monoisotopic (exact) mass is 253 g/mol. The van der Waals surface area contributed by atoms with Gasteiger partial charge in [0.2, 0.25) is 0 Å². The van der Waals surface area contributed by atoms with Crippen molar-refractivity contribution in [3.8, 4) is 0 Å². The Kier molecular flexibility index (Phi) is 3.41. The molecule has 1 saturated carbocycles. The van der Waals surface area contributed by atoms with E-state index in [4.69, 9.17) is 4.74 Å². The zero-order valence-corrected chi connectivity index (χ0v) is 11.7. The van der Waals surface area contributed by atoms with Gasteiger partial charge in [0.25, 0.3) is 0 Å².